The number of rotatable bonds is 6. The molecule has 0 aromatic carbocycles. The molecule has 0 aromatic rings. The van der Waals surface area contributed by atoms with Crippen molar-refractivity contribution >= 4 is 5.97 Å². The Balaban J connectivity index is 2.15. The van der Waals surface area contributed by atoms with Crippen molar-refractivity contribution in [1.29, 1.82) is 0 Å². The predicted octanol–water partition coefficient (Wildman–Crippen LogP) is 3.46. The van der Waals surface area contributed by atoms with Crippen LogP contribution in [0.3, 0.4) is 0 Å². The van der Waals surface area contributed by atoms with Crippen molar-refractivity contribution < 1.29 is 9.53 Å². The second-order valence-electron chi connectivity index (χ2n) is 4.56. The molecule has 0 fully saturated rings. The van der Waals surface area contributed by atoms with E-state index in [1.54, 1.807) is 0 Å². The van der Waals surface area contributed by atoms with Crippen LogP contribution < -0.4 is 0 Å². The van der Waals surface area contributed by atoms with Gasteiger partial charge >= 0.3 is 5.97 Å². The number of unbranched alkanes of at least 4 members (excludes halogenated alkanes) is 1. The van der Waals surface area contributed by atoms with Gasteiger partial charge in [-0.05, 0) is 31.8 Å². The first-order chi connectivity index (χ1) is 7.13. The maximum Gasteiger partial charge on any atom is 0.334 e. The van der Waals surface area contributed by atoms with Crippen LogP contribution >= 0.6 is 0 Å². The van der Waals surface area contributed by atoms with Crippen molar-refractivity contribution in [2.24, 2.45) is 5.92 Å². The molecule has 0 bridgehead atoms. The molecule has 0 saturated heterocycles. The van der Waals surface area contributed by atoms with Gasteiger partial charge in [0.15, 0.2) is 0 Å². The topological polar surface area (TPSA) is 26.3 Å². The lowest BCUT2D eigenvalue weighted by Gasteiger charge is -2.07. The molecule has 2 heteroatoms. The minimum atomic E-state index is -0.106. The Morgan fingerprint density at radius 1 is 1.47 bits per heavy atom. The largest absolute Gasteiger partial charge is 0.455 e. The molecule has 86 valence electrons. The normalized spacial score (nSPS) is 22.5. The monoisotopic (exact) mass is 210 g/mol. The highest BCUT2D eigenvalue weighted by Gasteiger charge is 2.21. The average Bonchev–Trinajstić information content (AvgIpc) is 2.52. The van der Waals surface area contributed by atoms with Crippen molar-refractivity contribution in [3.05, 3.63) is 11.6 Å². The lowest BCUT2D eigenvalue weighted by Crippen LogP contribution is -2.03. The van der Waals surface area contributed by atoms with Crippen LogP contribution in [-0.4, -0.2) is 12.1 Å². The van der Waals surface area contributed by atoms with Gasteiger partial charge in [0.05, 0.1) is 0 Å². The molecule has 1 aliphatic heterocycles. The summed E-state index contributed by atoms with van der Waals surface area (Å²) in [6, 6.07) is 0. The highest BCUT2D eigenvalue weighted by Crippen LogP contribution is 2.20. The molecular weight excluding hydrogens is 188 g/mol. The number of carbonyl (C=O) groups excluding carboxylic acids is 1. The Morgan fingerprint density at radius 3 is 2.73 bits per heavy atom. The first-order valence-electron chi connectivity index (χ1n) is 6.05. The SMILES string of the molecule is CC[C@H](C)CCCCC1=C[C@H](C)OC1=O. The molecule has 2 nitrogen and oxygen atoms in total. The third-order valence-corrected chi connectivity index (χ3v) is 3.08. The number of carbonyl (C=O) groups is 1. The van der Waals surface area contributed by atoms with Gasteiger partial charge in [0.25, 0.3) is 0 Å². The molecule has 0 N–H and O–H groups in total. The molecule has 0 amide bonds. The second-order valence-corrected chi connectivity index (χ2v) is 4.56. The fourth-order valence-corrected chi connectivity index (χ4v) is 1.83. The molecule has 15 heavy (non-hydrogen) atoms. The fraction of sp³-hybridized carbons (Fsp3) is 0.769. The fourth-order valence-electron chi connectivity index (χ4n) is 1.83. The second kappa shape index (κ2) is 5.94. The molecule has 2 atom stereocenters. The lowest BCUT2D eigenvalue weighted by atomic mass is 9.99. The highest BCUT2D eigenvalue weighted by molar-refractivity contribution is 5.90. The van der Waals surface area contributed by atoms with E-state index in [-0.39, 0.29) is 12.1 Å². The lowest BCUT2D eigenvalue weighted by molar-refractivity contribution is -0.139. The molecule has 0 radical (unpaired) electrons. The molecule has 0 spiro atoms. The van der Waals surface area contributed by atoms with Crippen molar-refractivity contribution in [2.75, 3.05) is 0 Å². The van der Waals surface area contributed by atoms with Gasteiger partial charge in [-0.2, -0.15) is 0 Å². The summed E-state index contributed by atoms with van der Waals surface area (Å²) in [5.41, 5.74) is 0.881. The van der Waals surface area contributed by atoms with Gasteiger partial charge < -0.3 is 4.74 Å². The molecule has 1 heterocycles. The van der Waals surface area contributed by atoms with Gasteiger partial charge in [0.2, 0.25) is 0 Å². The van der Waals surface area contributed by atoms with Crippen LogP contribution in [0.5, 0.6) is 0 Å². The van der Waals surface area contributed by atoms with Crippen molar-refractivity contribution in [3.8, 4) is 0 Å². The zero-order chi connectivity index (χ0) is 11.3. The first-order valence-corrected chi connectivity index (χ1v) is 6.05. The van der Waals surface area contributed by atoms with E-state index in [0.29, 0.717) is 0 Å². The Hall–Kier alpha value is -0.790. The van der Waals surface area contributed by atoms with Crippen LogP contribution in [0.25, 0.3) is 0 Å². The first kappa shape index (κ1) is 12.3. The Bertz CT molecular complexity index is 243. The van der Waals surface area contributed by atoms with Crippen LogP contribution in [0.15, 0.2) is 11.6 Å². The zero-order valence-electron chi connectivity index (χ0n) is 10.1. The van der Waals surface area contributed by atoms with Gasteiger partial charge in [-0.3, -0.25) is 0 Å². The standard InChI is InChI=1S/C13H22O2/c1-4-10(2)7-5-6-8-12-9-11(3)15-13(12)14/h9-11H,4-8H2,1-3H3/t10-,11-/m0/s1. The maximum atomic E-state index is 11.3. The summed E-state index contributed by atoms with van der Waals surface area (Å²) < 4.78 is 5.04. The quantitative estimate of drug-likeness (QED) is 0.495. The van der Waals surface area contributed by atoms with E-state index >= 15 is 0 Å². The Morgan fingerprint density at radius 2 is 2.20 bits per heavy atom. The third-order valence-electron chi connectivity index (χ3n) is 3.08. The van der Waals surface area contributed by atoms with Gasteiger partial charge in [-0.25, -0.2) is 4.79 Å². The molecule has 0 aliphatic carbocycles. The van der Waals surface area contributed by atoms with E-state index < -0.39 is 0 Å². The molecule has 0 unspecified atom stereocenters. The highest BCUT2D eigenvalue weighted by atomic mass is 16.5. The maximum absolute atomic E-state index is 11.3. The van der Waals surface area contributed by atoms with Gasteiger partial charge in [-0.1, -0.05) is 33.1 Å². The van der Waals surface area contributed by atoms with Gasteiger partial charge in [-0.15, -0.1) is 0 Å². The predicted molar refractivity (Wildman–Crippen MR) is 61.6 cm³/mol. The summed E-state index contributed by atoms with van der Waals surface area (Å²) in [6.07, 6.45) is 7.68. The molecular formula is C13H22O2. The average molecular weight is 210 g/mol. The van der Waals surface area contributed by atoms with E-state index in [1.165, 1.54) is 19.3 Å². The van der Waals surface area contributed by atoms with E-state index in [0.717, 1.165) is 24.3 Å². The summed E-state index contributed by atoms with van der Waals surface area (Å²) in [5.74, 6) is 0.708. The smallest absolute Gasteiger partial charge is 0.334 e. The summed E-state index contributed by atoms with van der Waals surface area (Å²) >= 11 is 0. The number of hydrogen-bond donors (Lipinski definition) is 0. The summed E-state index contributed by atoms with van der Waals surface area (Å²) in [4.78, 5) is 11.3. The number of esters is 1. The van der Waals surface area contributed by atoms with E-state index in [4.69, 9.17) is 4.74 Å². The summed E-state index contributed by atoms with van der Waals surface area (Å²) in [6.45, 7) is 6.42. The number of ether oxygens (including phenoxy) is 1. The molecule has 0 aromatic heterocycles. The van der Waals surface area contributed by atoms with Gasteiger partial charge in [0, 0.05) is 5.57 Å². The molecule has 1 rings (SSSR count). The molecule has 1 aliphatic rings. The van der Waals surface area contributed by atoms with Crippen molar-refractivity contribution in [1.82, 2.24) is 0 Å². The van der Waals surface area contributed by atoms with E-state index in [1.807, 2.05) is 13.0 Å². The van der Waals surface area contributed by atoms with E-state index in [2.05, 4.69) is 13.8 Å². The van der Waals surface area contributed by atoms with E-state index in [9.17, 15) is 4.79 Å². The van der Waals surface area contributed by atoms with Crippen molar-refractivity contribution in [3.63, 3.8) is 0 Å². The Kier molecular flexibility index (Phi) is 4.86. The van der Waals surface area contributed by atoms with Crippen LogP contribution in [-0.2, 0) is 9.53 Å². The Labute approximate surface area is 92.7 Å². The minimum Gasteiger partial charge on any atom is -0.455 e. The minimum absolute atomic E-state index is 0.0120. The van der Waals surface area contributed by atoms with Crippen LogP contribution in [0.2, 0.25) is 0 Å². The van der Waals surface area contributed by atoms with Crippen LogP contribution in [0.4, 0.5) is 0 Å². The third kappa shape index (κ3) is 4.06. The number of cyclic esters (lactones) is 1. The summed E-state index contributed by atoms with van der Waals surface area (Å²) in [5, 5.41) is 0. The summed E-state index contributed by atoms with van der Waals surface area (Å²) in [7, 11) is 0. The van der Waals surface area contributed by atoms with Crippen molar-refractivity contribution in [2.45, 2.75) is 59.0 Å². The van der Waals surface area contributed by atoms with Crippen LogP contribution in [0, 0.1) is 5.92 Å². The molecule has 0 saturated carbocycles. The zero-order valence-corrected chi connectivity index (χ0v) is 10.1. The number of hydrogen-bond acceptors (Lipinski definition) is 2. The van der Waals surface area contributed by atoms with Crippen LogP contribution in [0.1, 0.15) is 52.9 Å². The van der Waals surface area contributed by atoms with Gasteiger partial charge in [0.1, 0.15) is 6.10 Å².